The number of carbonyl (C=O) groups is 1. The number of carbonyl (C=O) groups excluding carboxylic acids is 1. The molecule has 1 amide bonds. The minimum absolute atomic E-state index is 0.00422. The Balaban J connectivity index is 1.79. The third-order valence-corrected chi connectivity index (χ3v) is 3.19. The van der Waals surface area contributed by atoms with Crippen molar-refractivity contribution in [3.05, 3.63) is 35.4 Å². The van der Waals surface area contributed by atoms with E-state index < -0.39 is 0 Å². The summed E-state index contributed by atoms with van der Waals surface area (Å²) in [7, 11) is 0. The van der Waals surface area contributed by atoms with Crippen LogP contribution in [0.4, 0.5) is 0 Å². The van der Waals surface area contributed by atoms with Crippen LogP contribution in [-0.2, 0) is 11.3 Å². The molecule has 18 heavy (non-hydrogen) atoms. The minimum Gasteiger partial charge on any atom is -0.352 e. The smallest absolute Gasteiger partial charge is 0.221 e. The lowest BCUT2D eigenvalue weighted by Crippen LogP contribution is -2.32. The Morgan fingerprint density at radius 3 is 3.00 bits per heavy atom. The van der Waals surface area contributed by atoms with Crippen molar-refractivity contribution in [2.75, 3.05) is 0 Å². The average Bonchev–Trinajstić information content (AvgIpc) is 3.21. The molecule has 1 aromatic rings. The second-order valence-electron chi connectivity index (χ2n) is 4.79. The third kappa shape index (κ3) is 3.57. The molecular weight excluding hydrogens is 226 g/mol. The van der Waals surface area contributed by atoms with Crippen molar-refractivity contribution in [2.24, 2.45) is 11.7 Å². The van der Waals surface area contributed by atoms with E-state index in [9.17, 15) is 4.79 Å². The number of nitrogens with one attached hydrogen (secondary N) is 1. The fourth-order valence-electron chi connectivity index (χ4n) is 1.93. The number of hydrogen-bond acceptors (Lipinski definition) is 3. The molecule has 0 aromatic heterocycles. The summed E-state index contributed by atoms with van der Waals surface area (Å²) < 4.78 is 0. The molecule has 1 atom stereocenters. The first kappa shape index (κ1) is 12.6. The standard InChI is InChI=1S/C14H17N3O/c15-8-10-2-1-3-11(6-10)9-17-14(18)7-13(16)12-4-5-12/h1-3,6,12-13H,4-5,7,9,16H2,(H,17,18). The number of hydrogen-bond donors (Lipinski definition) is 2. The number of benzene rings is 1. The monoisotopic (exact) mass is 243 g/mol. The van der Waals surface area contributed by atoms with Gasteiger partial charge in [0.15, 0.2) is 0 Å². The molecule has 2 rings (SSSR count). The van der Waals surface area contributed by atoms with Crippen molar-refractivity contribution >= 4 is 5.91 Å². The van der Waals surface area contributed by atoms with Crippen LogP contribution in [0.3, 0.4) is 0 Å². The van der Waals surface area contributed by atoms with Crippen LogP contribution < -0.4 is 11.1 Å². The van der Waals surface area contributed by atoms with E-state index in [1.165, 1.54) is 0 Å². The van der Waals surface area contributed by atoms with Crippen molar-refractivity contribution in [2.45, 2.75) is 31.8 Å². The van der Waals surface area contributed by atoms with Gasteiger partial charge in [0.05, 0.1) is 11.6 Å². The highest BCUT2D eigenvalue weighted by Gasteiger charge is 2.29. The molecule has 1 aromatic carbocycles. The van der Waals surface area contributed by atoms with E-state index in [0.29, 0.717) is 24.4 Å². The first-order chi connectivity index (χ1) is 8.69. The van der Waals surface area contributed by atoms with E-state index in [1.807, 2.05) is 12.1 Å². The van der Waals surface area contributed by atoms with Crippen LogP contribution >= 0.6 is 0 Å². The highest BCUT2D eigenvalue weighted by atomic mass is 16.1. The molecule has 0 spiro atoms. The lowest BCUT2D eigenvalue weighted by molar-refractivity contribution is -0.121. The normalized spacial score (nSPS) is 15.8. The minimum atomic E-state index is -0.0169. The Hall–Kier alpha value is -1.86. The van der Waals surface area contributed by atoms with E-state index >= 15 is 0 Å². The van der Waals surface area contributed by atoms with Crippen molar-refractivity contribution in [1.29, 1.82) is 5.26 Å². The molecule has 0 saturated heterocycles. The highest BCUT2D eigenvalue weighted by Crippen LogP contribution is 2.32. The first-order valence-corrected chi connectivity index (χ1v) is 6.20. The van der Waals surface area contributed by atoms with Gasteiger partial charge in [0, 0.05) is 19.0 Å². The molecule has 4 heteroatoms. The molecule has 0 heterocycles. The number of rotatable bonds is 5. The van der Waals surface area contributed by atoms with E-state index in [4.69, 9.17) is 11.0 Å². The van der Waals surface area contributed by atoms with Gasteiger partial charge in [-0.15, -0.1) is 0 Å². The van der Waals surface area contributed by atoms with Gasteiger partial charge in [-0.1, -0.05) is 12.1 Å². The van der Waals surface area contributed by atoms with Gasteiger partial charge in [0.25, 0.3) is 0 Å². The lowest BCUT2D eigenvalue weighted by Gasteiger charge is -2.10. The Morgan fingerprint density at radius 1 is 1.56 bits per heavy atom. The number of amides is 1. The zero-order chi connectivity index (χ0) is 13.0. The van der Waals surface area contributed by atoms with Gasteiger partial charge < -0.3 is 11.1 Å². The van der Waals surface area contributed by atoms with Gasteiger partial charge >= 0.3 is 0 Å². The molecule has 4 nitrogen and oxygen atoms in total. The maximum absolute atomic E-state index is 11.7. The number of nitrogens with two attached hydrogens (primary N) is 1. The van der Waals surface area contributed by atoms with Crippen LogP contribution in [-0.4, -0.2) is 11.9 Å². The Kier molecular flexibility index (Phi) is 3.96. The summed E-state index contributed by atoms with van der Waals surface area (Å²) in [4.78, 5) is 11.7. The summed E-state index contributed by atoms with van der Waals surface area (Å²) in [5, 5.41) is 11.6. The molecule has 1 aliphatic carbocycles. The van der Waals surface area contributed by atoms with Crippen LogP contribution in [0.5, 0.6) is 0 Å². The maximum atomic E-state index is 11.7. The predicted octanol–water partition coefficient (Wildman–Crippen LogP) is 1.30. The largest absolute Gasteiger partial charge is 0.352 e. The summed E-state index contributed by atoms with van der Waals surface area (Å²) in [6, 6.07) is 9.30. The predicted molar refractivity (Wildman–Crippen MR) is 68.3 cm³/mol. The molecular formula is C14H17N3O. The molecule has 0 bridgehead atoms. The van der Waals surface area contributed by atoms with Gasteiger partial charge in [-0.3, -0.25) is 4.79 Å². The molecule has 1 unspecified atom stereocenters. The topological polar surface area (TPSA) is 78.9 Å². The van der Waals surface area contributed by atoms with Crippen LogP contribution in [0.25, 0.3) is 0 Å². The number of nitrogens with zero attached hydrogens (tertiary/aromatic N) is 1. The van der Waals surface area contributed by atoms with E-state index in [0.717, 1.165) is 18.4 Å². The van der Waals surface area contributed by atoms with Crippen molar-refractivity contribution in [1.82, 2.24) is 5.32 Å². The van der Waals surface area contributed by atoms with Crippen LogP contribution in [0.15, 0.2) is 24.3 Å². The second kappa shape index (κ2) is 5.65. The molecule has 0 radical (unpaired) electrons. The summed E-state index contributed by atoms with van der Waals surface area (Å²) in [5.74, 6) is 0.523. The summed E-state index contributed by atoms with van der Waals surface area (Å²) in [6.45, 7) is 0.450. The Morgan fingerprint density at radius 2 is 2.33 bits per heavy atom. The lowest BCUT2D eigenvalue weighted by atomic mass is 10.1. The average molecular weight is 243 g/mol. The van der Waals surface area contributed by atoms with Crippen molar-refractivity contribution in [3.8, 4) is 6.07 Å². The van der Waals surface area contributed by atoms with Crippen LogP contribution in [0.2, 0.25) is 0 Å². The van der Waals surface area contributed by atoms with Crippen molar-refractivity contribution in [3.63, 3.8) is 0 Å². The van der Waals surface area contributed by atoms with Crippen LogP contribution in [0, 0.1) is 17.2 Å². The zero-order valence-electron chi connectivity index (χ0n) is 10.2. The van der Waals surface area contributed by atoms with Gasteiger partial charge in [-0.2, -0.15) is 5.26 Å². The molecule has 1 aliphatic rings. The zero-order valence-corrected chi connectivity index (χ0v) is 10.2. The van der Waals surface area contributed by atoms with E-state index in [1.54, 1.807) is 12.1 Å². The summed E-state index contributed by atoms with van der Waals surface area (Å²) >= 11 is 0. The van der Waals surface area contributed by atoms with Gasteiger partial charge in [0.1, 0.15) is 0 Å². The van der Waals surface area contributed by atoms with Gasteiger partial charge in [-0.05, 0) is 36.5 Å². The fourth-order valence-corrected chi connectivity index (χ4v) is 1.93. The fraction of sp³-hybridized carbons (Fsp3) is 0.429. The second-order valence-corrected chi connectivity index (χ2v) is 4.79. The molecule has 0 aliphatic heterocycles. The van der Waals surface area contributed by atoms with Crippen molar-refractivity contribution < 1.29 is 4.79 Å². The first-order valence-electron chi connectivity index (χ1n) is 6.20. The molecule has 1 saturated carbocycles. The molecule has 3 N–H and O–H groups in total. The highest BCUT2D eigenvalue weighted by molar-refractivity contribution is 5.76. The van der Waals surface area contributed by atoms with Crippen LogP contribution in [0.1, 0.15) is 30.4 Å². The number of nitriles is 1. The van der Waals surface area contributed by atoms with E-state index in [2.05, 4.69) is 11.4 Å². The molecule has 1 fully saturated rings. The maximum Gasteiger partial charge on any atom is 0.221 e. The molecule has 94 valence electrons. The SMILES string of the molecule is N#Cc1cccc(CNC(=O)CC(N)C2CC2)c1. The summed E-state index contributed by atoms with van der Waals surface area (Å²) in [5.41, 5.74) is 7.43. The summed E-state index contributed by atoms with van der Waals surface area (Å²) in [6.07, 6.45) is 2.69. The Bertz CT molecular complexity index is 474. The van der Waals surface area contributed by atoms with E-state index in [-0.39, 0.29) is 11.9 Å². The third-order valence-electron chi connectivity index (χ3n) is 3.19. The quantitative estimate of drug-likeness (QED) is 0.818. The Labute approximate surface area is 107 Å². The van der Waals surface area contributed by atoms with Gasteiger partial charge in [-0.25, -0.2) is 0 Å². The van der Waals surface area contributed by atoms with Gasteiger partial charge in [0.2, 0.25) is 5.91 Å².